The number of nitrogens with zero attached hydrogens (tertiary/aromatic N) is 2. The second-order valence-electron chi connectivity index (χ2n) is 6.29. The molecular formula is C16H27N5O3S2. The van der Waals surface area contributed by atoms with Crippen LogP contribution in [0.25, 0.3) is 0 Å². The summed E-state index contributed by atoms with van der Waals surface area (Å²) in [5, 5.41) is 9.99. The molecule has 1 fully saturated rings. The maximum atomic E-state index is 12.0. The molecule has 1 aromatic heterocycles. The van der Waals surface area contributed by atoms with E-state index in [1.165, 1.54) is 4.88 Å². The minimum atomic E-state index is -2.98. The van der Waals surface area contributed by atoms with E-state index in [-0.39, 0.29) is 29.9 Å². The van der Waals surface area contributed by atoms with Crippen molar-refractivity contribution in [3.63, 3.8) is 0 Å². The fourth-order valence-electron chi connectivity index (χ4n) is 2.60. The van der Waals surface area contributed by atoms with E-state index in [0.717, 1.165) is 10.7 Å². The molecule has 1 unspecified atom stereocenters. The molecule has 10 heteroatoms. The first-order valence-electron chi connectivity index (χ1n) is 8.74. The Labute approximate surface area is 158 Å². The number of hydrogen-bond acceptors (Lipinski definition) is 6. The minimum Gasteiger partial charge on any atom is -0.357 e. The number of sulfone groups is 1. The van der Waals surface area contributed by atoms with Gasteiger partial charge in [-0.2, -0.15) is 0 Å². The third-order valence-corrected chi connectivity index (χ3v) is 6.86. The fraction of sp³-hybridized carbons (Fsp3) is 0.688. The molecule has 0 aromatic carbocycles. The highest BCUT2D eigenvalue weighted by Crippen LogP contribution is 2.16. The molecule has 2 rings (SSSR count). The molecule has 0 saturated carbocycles. The van der Waals surface area contributed by atoms with Crippen LogP contribution in [0.5, 0.6) is 0 Å². The van der Waals surface area contributed by atoms with E-state index >= 15 is 0 Å². The van der Waals surface area contributed by atoms with Crippen LogP contribution in [0.2, 0.25) is 0 Å². The van der Waals surface area contributed by atoms with Crippen molar-refractivity contribution in [1.82, 2.24) is 20.9 Å². The summed E-state index contributed by atoms with van der Waals surface area (Å²) in [4.78, 5) is 22.1. The number of thiazole rings is 1. The molecule has 1 atom stereocenters. The SMILES string of the molecule is CCNC(=NCc1nc(C)c(C)s1)NCCC(=O)NC1CCS(=O)(=O)C1. The third-order valence-electron chi connectivity index (χ3n) is 4.03. The highest BCUT2D eigenvalue weighted by molar-refractivity contribution is 7.91. The maximum Gasteiger partial charge on any atom is 0.222 e. The van der Waals surface area contributed by atoms with E-state index in [4.69, 9.17) is 0 Å². The third kappa shape index (κ3) is 6.56. The average Bonchev–Trinajstić information content (AvgIpc) is 3.06. The Kier molecular flexibility index (Phi) is 7.39. The standard InChI is InChI=1S/C16H27N5O3S2/c1-4-17-16(19-9-15-20-11(2)12(3)25-15)18-7-5-14(22)21-13-6-8-26(23,24)10-13/h13H,4-10H2,1-3H3,(H,21,22)(H2,17,18,19). The van der Waals surface area contributed by atoms with Crippen molar-refractivity contribution in [3.8, 4) is 0 Å². The Morgan fingerprint density at radius 2 is 2.12 bits per heavy atom. The fourth-order valence-corrected chi connectivity index (χ4v) is 5.13. The first-order valence-corrected chi connectivity index (χ1v) is 11.4. The number of rotatable bonds is 7. The van der Waals surface area contributed by atoms with E-state index in [1.807, 2.05) is 20.8 Å². The van der Waals surface area contributed by atoms with Crippen LogP contribution in [0.15, 0.2) is 4.99 Å². The molecule has 2 heterocycles. The summed E-state index contributed by atoms with van der Waals surface area (Å²) in [5.74, 6) is 0.683. The lowest BCUT2D eigenvalue weighted by Crippen LogP contribution is -2.41. The number of nitrogens with one attached hydrogen (secondary N) is 3. The highest BCUT2D eigenvalue weighted by atomic mass is 32.2. The van der Waals surface area contributed by atoms with E-state index in [9.17, 15) is 13.2 Å². The summed E-state index contributed by atoms with van der Waals surface area (Å²) in [7, 11) is -2.98. The van der Waals surface area contributed by atoms with Crippen molar-refractivity contribution in [3.05, 3.63) is 15.6 Å². The van der Waals surface area contributed by atoms with Gasteiger partial charge in [0.1, 0.15) is 5.01 Å². The van der Waals surface area contributed by atoms with Gasteiger partial charge in [0.15, 0.2) is 15.8 Å². The van der Waals surface area contributed by atoms with Crippen molar-refractivity contribution in [1.29, 1.82) is 0 Å². The van der Waals surface area contributed by atoms with E-state index in [2.05, 4.69) is 25.9 Å². The Balaban J connectivity index is 1.76. The molecular weight excluding hydrogens is 374 g/mol. The van der Waals surface area contributed by atoms with Crippen molar-refractivity contribution < 1.29 is 13.2 Å². The molecule has 0 radical (unpaired) electrons. The lowest BCUT2D eigenvalue weighted by molar-refractivity contribution is -0.121. The number of guanidine groups is 1. The second kappa shape index (κ2) is 9.31. The van der Waals surface area contributed by atoms with Crippen molar-refractivity contribution in [2.45, 2.75) is 46.2 Å². The molecule has 1 aliphatic rings. The molecule has 26 heavy (non-hydrogen) atoms. The average molecular weight is 402 g/mol. The topological polar surface area (TPSA) is 113 Å². The van der Waals surface area contributed by atoms with Gasteiger partial charge in [-0.3, -0.25) is 4.79 Å². The Morgan fingerprint density at radius 1 is 1.35 bits per heavy atom. The van der Waals surface area contributed by atoms with Gasteiger partial charge in [0.2, 0.25) is 5.91 Å². The van der Waals surface area contributed by atoms with Crippen LogP contribution < -0.4 is 16.0 Å². The zero-order chi connectivity index (χ0) is 19.2. The number of carbonyl (C=O) groups excluding carboxylic acids is 1. The van der Waals surface area contributed by atoms with Gasteiger partial charge < -0.3 is 16.0 Å². The quantitative estimate of drug-likeness (QED) is 0.453. The van der Waals surface area contributed by atoms with Gasteiger partial charge in [-0.15, -0.1) is 11.3 Å². The Morgan fingerprint density at radius 3 is 2.69 bits per heavy atom. The molecule has 0 aliphatic carbocycles. The van der Waals surface area contributed by atoms with E-state index in [1.54, 1.807) is 11.3 Å². The number of amides is 1. The zero-order valence-corrected chi connectivity index (χ0v) is 17.1. The first kappa shape index (κ1) is 20.6. The minimum absolute atomic E-state index is 0.0446. The number of aliphatic imine (C=N–C) groups is 1. The second-order valence-corrected chi connectivity index (χ2v) is 9.81. The number of aryl methyl sites for hydroxylation is 2. The summed E-state index contributed by atoms with van der Waals surface area (Å²) in [6.45, 7) is 7.62. The number of hydrogen-bond donors (Lipinski definition) is 3. The van der Waals surface area contributed by atoms with Crippen molar-refractivity contribution in [2.24, 2.45) is 4.99 Å². The summed E-state index contributed by atoms with van der Waals surface area (Å²) in [6, 6.07) is -0.259. The molecule has 0 spiro atoms. The van der Waals surface area contributed by atoms with Gasteiger partial charge in [0, 0.05) is 30.4 Å². The van der Waals surface area contributed by atoms with Gasteiger partial charge >= 0.3 is 0 Å². The predicted octanol–water partition coefficient (Wildman–Crippen LogP) is 0.508. The van der Waals surface area contributed by atoms with Crippen LogP contribution in [0.1, 0.15) is 35.3 Å². The zero-order valence-electron chi connectivity index (χ0n) is 15.5. The van der Waals surface area contributed by atoms with Gasteiger partial charge in [0.05, 0.1) is 23.7 Å². The normalized spacial score (nSPS) is 19.3. The van der Waals surface area contributed by atoms with Crippen molar-refractivity contribution in [2.75, 3.05) is 24.6 Å². The van der Waals surface area contributed by atoms with E-state index in [0.29, 0.717) is 32.0 Å². The van der Waals surface area contributed by atoms with Crippen molar-refractivity contribution >= 4 is 33.0 Å². The van der Waals surface area contributed by atoms with Crippen LogP contribution in [0.3, 0.4) is 0 Å². The summed E-state index contributed by atoms with van der Waals surface area (Å²) in [5.41, 5.74) is 1.03. The molecule has 1 amide bonds. The molecule has 8 nitrogen and oxygen atoms in total. The summed E-state index contributed by atoms with van der Waals surface area (Å²) < 4.78 is 22.8. The summed E-state index contributed by atoms with van der Waals surface area (Å²) >= 11 is 1.63. The van der Waals surface area contributed by atoms with Crippen LogP contribution in [0, 0.1) is 13.8 Å². The number of carbonyl (C=O) groups is 1. The number of aromatic nitrogens is 1. The maximum absolute atomic E-state index is 12.0. The molecule has 1 saturated heterocycles. The lowest BCUT2D eigenvalue weighted by Gasteiger charge is -2.13. The van der Waals surface area contributed by atoms with E-state index < -0.39 is 9.84 Å². The molecule has 3 N–H and O–H groups in total. The van der Waals surface area contributed by atoms with Crippen LogP contribution in [-0.2, 0) is 21.2 Å². The summed E-state index contributed by atoms with van der Waals surface area (Å²) in [6.07, 6.45) is 0.759. The first-order chi connectivity index (χ1) is 12.3. The van der Waals surface area contributed by atoms with Crippen LogP contribution >= 0.6 is 11.3 Å². The van der Waals surface area contributed by atoms with Gasteiger partial charge in [-0.1, -0.05) is 0 Å². The van der Waals surface area contributed by atoms with Gasteiger partial charge in [-0.25, -0.2) is 18.4 Å². The molecule has 1 aromatic rings. The highest BCUT2D eigenvalue weighted by Gasteiger charge is 2.28. The molecule has 1 aliphatic heterocycles. The lowest BCUT2D eigenvalue weighted by atomic mass is 10.2. The largest absolute Gasteiger partial charge is 0.357 e. The van der Waals surface area contributed by atoms with Gasteiger partial charge in [0.25, 0.3) is 0 Å². The molecule has 146 valence electrons. The van der Waals surface area contributed by atoms with Crippen LogP contribution in [-0.4, -0.2) is 55.9 Å². The van der Waals surface area contributed by atoms with Gasteiger partial charge in [-0.05, 0) is 27.2 Å². The Bertz CT molecular complexity index is 738. The monoisotopic (exact) mass is 401 g/mol. The Hall–Kier alpha value is -1.68. The molecule has 0 bridgehead atoms. The van der Waals surface area contributed by atoms with Crippen LogP contribution in [0.4, 0.5) is 0 Å². The smallest absolute Gasteiger partial charge is 0.222 e. The predicted molar refractivity (Wildman–Crippen MR) is 104 cm³/mol.